The Balaban J connectivity index is 1.60. The molecule has 3 heterocycles. The van der Waals surface area contributed by atoms with Gasteiger partial charge < -0.3 is 10.2 Å². The van der Waals surface area contributed by atoms with Crippen molar-refractivity contribution in [2.24, 2.45) is 11.8 Å². The average Bonchev–Trinajstić information content (AvgIpc) is 2.91. The van der Waals surface area contributed by atoms with Gasteiger partial charge in [0.25, 0.3) is 0 Å². The monoisotopic (exact) mass is 236 g/mol. The fourth-order valence-electron chi connectivity index (χ4n) is 2.73. The summed E-state index contributed by atoms with van der Waals surface area (Å²) in [5.41, 5.74) is 0. The van der Waals surface area contributed by atoms with Crippen LogP contribution in [-0.2, 0) is 11.2 Å². The topological polar surface area (TPSA) is 32.3 Å². The van der Waals surface area contributed by atoms with Crippen molar-refractivity contribution in [3.05, 3.63) is 22.4 Å². The molecule has 2 saturated heterocycles. The van der Waals surface area contributed by atoms with Crippen molar-refractivity contribution >= 4 is 17.2 Å². The maximum atomic E-state index is 12.1. The number of carbonyl (C=O) groups excluding carboxylic acids is 1. The van der Waals surface area contributed by atoms with Gasteiger partial charge in [0, 0.05) is 31.1 Å². The normalized spacial score (nSPS) is 28.4. The van der Waals surface area contributed by atoms with Crippen molar-refractivity contribution < 1.29 is 4.79 Å². The summed E-state index contributed by atoms with van der Waals surface area (Å²) in [5.74, 6) is 1.71. The van der Waals surface area contributed by atoms with E-state index in [2.05, 4.69) is 10.2 Å². The molecule has 3 rings (SSSR count). The molecular formula is C12H16N2OS. The fraction of sp³-hybridized carbons (Fsp3) is 0.583. The molecule has 0 radical (unpaired) electrons. The number of nitrogens with zero attached hydrogens (tertiary/aromatic N) is 1. The van der Waals surface area contributed by atoms with E-state index < -0.39 is 0 Å². The van der Waals surface area contributed by atoms with Crippen molar-refractivity contribution in [3.63, 3.8) is 0 Å². The average molecular weight is 236 g/mol. The van der Waals surface area contributed by atoms with Crippen LogP contribution in [0.5, 0.6) is 0 Å². The molecule has 2 fully saturated rings. The van der Waals surface area contributed by atoms with Gasteiger partial charge in [0.2, 0.25) is 5.91 Å². The number of amides is 1. The molecule has 2 aliphatic rings. The number of carbonyl (C=O) groups is 1. The van der Waals surface area contributed by atoms with Crippen molar-refractivity contribution in [3.8, 4) is 0 Å². The zero-order valence-corrected chi connectivity index (χ0v) is 10.0. The van der Waals surface area contributed by atoms with E-state index >= 15 is 0 Å². The minimum absolute atomic E-state index is 0.303. The predicted octanol–water partition coefficient (Wildman–Crippen LogP) is 0.968. The quantitative estimate of drug-likeness (QED) is 0.830. The summed E-state index contributed by atoms with van der Waals surface area (Å²) < 4.78 is 0. The lowest BCUT2D eigenvalue weighted by Gasteiger charge is -2.16. The molecule has 0 aliphatic carbocycles. The second-order valence-electron chi connectivity index (χ2n) is 4.73. The minimum Gasteiger partial charge on any atom is -0.342 e. The van der Waals surface area contributed by atoms with Crippen LogP contribution >= 0.6 is 11.3 Å². The molecule has 3 nitrogen and oxygen atoms in total. The highest BCUT2D eigenvalue weighted by molar-refractivity contribution is 7.10. The number of hydrogen-bond acceptors (Lipinski definition) is 3. The molecule has 0 unspecified atom stereocenters. The van der Waals surface area contributed by atoms with Gasteiger partial charge in [-0.2, -0.15) is 0 Å². The molecule has 2 atom stereocenters. The van der Waals surface area contributed by atoms with Gasteiger partial charge in [0.05, 0.1) is 6.42 Å². The van der Waals surface area contributed by atoms with E-state index in [1.54, 1.807) is 11.3 Å². The number of rotatable bonds is 2. The van der Waals surface area contributed by atoms with Crippen molar-refractivity contribution in [1.82, 2.24) is 10.2 Å². The lowest BCUT2D eigenvalue weighted by atomic mass is 10.0. The van der Waals surface area contributed by atoms with Crippen LogP contribution in [0.2, 0.25) is 0 Å². The highest BCUT2D eigenvalue weighted by Crippen LogP contribution is 2.26. The first kappa shape index (κ1) is 10.3. The number of hydrogen-bond donors (Lipinski definition) is 1. The lowest BCUT2D eigenvalue weighted by molar-refractivity contribution is -0.129. The molecule has 1 aromatic rings. The van der Waals surface area contributed by atoms with E-state index in [9.17, 15) is 4.79 Å². The molecule has 1 N–H and O–H groups in total. The second kappa shape index (κ2) is 4.18. The Kier molecular flexibility index (Phi) is 2.69. The minimum atomic E-state index is 0.303. The number of thiophene rings is 1. The van der Waals surface area contributed by atoms with Crippen LogP contribution in [0.3, 0.4) is 0 Å². The van der Waals surface area contributed by atoms with E-state index in [0.29, 0.717) is 24.2 Å². The molecule has 1 amide bonds. The van der Waals surface area contributed by atoms with Crippen LogP contribution in [-0.4, -0.2) is 37.0 Å². The van der Waals surface area contributed by atoms with Gasteiger partial charge in [-0.1, -0.05) is 6.07 Å². The summed E-state index contributed by atoms with van der Waals surface area (Å²) in [5, 5.41) is 5.43. The van der Waals surface area contributed by atoms with Gasteiger partial charge in [-0.25, -0.2) is 0 Å². The van der Waals surface area contributed by atoms with Crippen LogP contribution in [0.4, 0.5) is 0 Å². The molecule has 4 heteroatoms. The van der Waals surface area contributed by atoms with E-state index in [-0.39, 0.29) is 0 Å². The number of nitrogens with one attached hydrogen (secondary N) is 1. The Bertz CT molecular complexity index is 364. The zero-order chi connectivity index (χ0) is 11.0. The molecule has 0 saturated carbocycles. The van der Waals surface area contributed by atoms with Gasteiger partial charge in [-0.3, -0.25) is 4.79 Å². The first-order valence-electron chi connectivity index (χ1n) is 5.84. The third-order valence-corrected chi connectivity index (χ3v) is 4.52. The Morgan fingerprint density at radius 3 is 2.81 bits per heavy atom. The van der Waals surface area contributed by atoms with Gasteiger partial charge in [-0.15, -0.1) is 11.3 Å². The summed E-state index contributed by atoms with van der Waals surface area (Å²) in [7, 11) is 0. The summed E-state index contributed by atoms with van der Waals surface area (Å²) in [6.45, 7) is 4.10. The standard InChI is InChI=1S/C12H16N2OS/c15-12(4-11-2-1-3-16-11)14-7-9-5-13-6-10(9)8-14/h1-3,9-10,13H,4-8H2/t9-,10+. The first-order chi connectivity index (χ1) is 7.83. The molecule has 1 aromatic heterocycles. The van der Waals surface area contributed by atoms with Gasteiger partial charge in [-0.05, 0) is 23.3 Å². The molecule has 0 aromatic carbocycles. The molecule has 0 bridgehead atoms. The number of fused-ring (bicyclic) bond motifs is 1. The lowest BCUT2D eigenvalue weighted by Crippen LogP contribution is -2.32. The maximum absolute atomic E-state index is 12.1. The SMILES string of the molecule is O=C(Cc1cccs1)N1C[C@H]2CNC[C@H]2C1. The Morgan fingerprint density at radius 2 is 2.19 bits per heavy atom. The summed E-state index contributed by atoms with van der Waals surface area (Å²) in [6.07, 6.45) is 0.588. The van der Waals surface area contributed by atoms with Gasteiger partial charge >= 0.3 is 0 Å². The highest BCUT2D eigenvalue weighted by atomic mass is 32.1. The van der Waals surface area contributed by atoms with E-state index in [4.69, 9.17) is 0 Å². The van der Waals surface area contributed by atoms with Crippen molar-refractivity contribution in [2.45, 2.75) is 6.42 Å². The Labute approximate surface area is 99.5 Å². The second-order valence-corrected chi connectivity index (χ2v) is 5.77. The van der Waals surface area contributed by atoms with Crippen LogP contribution in [0, 0.1) is 11.8 Å². The highest BCUT2D eigenvalue weighted by Gasteiger charge is 2.37. The van der Waals surface area contributed by atoms with Crippen LogP contribution < -0.4 is 5.32 Å². The largest absolute Gasteiger partial charge is 0.342 e. The summed E-state index contributed by atoms with van der Waals surface area (Å²) in [6, 6.07) is 4.05. The van der Waals surface area contributed by atoms with E-state index in [1.807, 2.05) is 17.5 Å². The van der Waals surface area contributed by atoms with Gasteiger partial charge in [0.1, 0.15) is 0 Å². The summed E-state index contributed by atoms with van der Waals surface area (Å²) >= 11 is 1.67. The number of likely N-dealkylation sites (tertiary alicyclic amines) is 1. The van der Waals surface area contributed by atoms with Crippen molar-refractivity contribution in [1.29, 1.82) is 0 Å². The third-order valence-electron chi connectivity index (χ3n) is 3.65. The van der Waals surface area contributed by atoms with Crippen LogP contribution in [0.1, 0.15) is 4.88 Å². The molecule has 0 spiro atoms. The Hall–Kier alpha value is -0.870. The maximum Gasteiger partial charge on any atom is 0.227 e. The summed E-state index contributed by atoms with van der Waals surface area (Å²) in [4.78, 5) is 15.3. The molecular weight excluding hydrogens is 220 g/mol. The van der Waals surface area contributed by atoms with Crippen LogP contribution in [0.25, 0.3) is 0 Å². The zero-order valence-electron chi connectivity index (χ0n) is 9.19. The van der Waals surface area contributed by atoms with E-state index in [1.165, 1.54) is 4.88 Å². The third kappa shape index (κ3) is 1.87. The van der Waals surface area contributed by atoms with Crippen LogP contribution in [0.15, 0.2) is 17.5 Å². The molecule has 86 valence electrons. The van der Waals surface area contributed by atoms with Crippen molar-refractivity contribution in [2.75, 3.05) is 26.2 Å². The first-order valence-corrected chi connectivity index (χ1v) is 6.72. The van der Waals surface area contributed by atoms with E-state index in [0.717, 1.165) is 26.2 Å². The molecule has 2 aliphatic heterocycles. The predicted molar refractivity (Wildman–Crippen MR) is 64.5 cm³/mol. The Morgan fingerprint density at radius 1 is 1.44 bits per heavy atom. The fourth-order valence-corrected chi connectivity index (χ4v) is 3.43. The molecule has 16 heavy (non-hydrogen) atoms. The smallest absolute Gasteiger partial charge is 0.227 e. The van der Waals surface area contributed by atoms with Gasteiger partial charge in [0.15, 0.2) is 0 Å².